The molecule has 3 aromatic heterocycles. The number of para-hydroxylation sites is 2. The highest BCUT2D eigenvalue weighted by Crippen LogP contribution is 2.39. The molecule has 0 aliphatic heterocycles. The standard InChI is InChI=1S/C42H34N4O/c1-29-11-10-12-30(2)42(29)34-27-38(45-39(28-34)37-15-6-7-16-40(37)47)33-24-32(23-31-18-21-43-22-19-31)25-36(26-33)46(35-13-4-3-5-14-35)41-17-8-9-20-44-41/h3-22,24-28,47H,23H2,1-2H3. The molecular formula is C42H34N4O. The third-order valence-electron chi connectivity index (χ3n) is 8.36. The van der Waals surface area contributed by atoms with Gasteiger partial charge in [0.05, 0.1) is 11.4 Å². The van der Waals surface area contributed by atoms with Crippen LogP contribution in [0.15, 0.2) is 152 Å². The summed E-state index contributed by atoms with van der Waals surface area (Å²) < 4.78 is 0. The fraction of sp³-hybridized carbons (Fsp3) is 0.0714. The third-order valence-corrected chi connectivity index (χ3v) is 8.36. The van der Waals surface area contributed by atoms with Crippen LogP contribution < -0.4 is 4.90 Å². The summed E-state index contributed by atoms with van der Waals surface area (Å²) >= 11 is 0. The lowest BCUT2D eigenvalue weighted by atomic mass is 9.93. The van der Waals surface area contributed by atoms with Crippen molar-refractivity contribution in [3.05, 3.63) is 174 Å². The van der Waals surface area contributed by atoms with Crippen molar-refractivity contribution in [2.45, 2.75) is 20.3 Å². The summed E-state index contributed by atoms with van der Waals surface area (Å²) in [5.74, 6) is 1.01. The quantitative estimate of drug-likeness (QED) is 0.185. The van der Waals surface area contributed by atoms with Crippen LogP contribution in [-0.2, 0) is 6.42 Å². The van der Waals surface area contributed by atoms with Crippen molar-refractivity contribution < 1.29 is 5.11 Å². The first kappa shape index (κ1) is 29.6. The minimum Gasteiger partial charge on any atom is -0.507 e. The molecule has 7 rings (SSSR count). The number of anilines is 3. The number of aromatic nitrogens is 3. The Bertz CT molecular complexity index is 2090. The molecule has 5 heteroatoms. The maximum Gasteiger partial charge on any atom is 0.137 e. The van der Waals surface area contributed by atoms with Crippen LogP contribution in [0.5, 0.6) is 5.75 Å². The Labute approximate surface area is 275 Å². The molecular weight excluding hydrogens is 576 g/mol. The first-order valence-corrected chi connectivity index (χ1v) is 15.7. The lowest BCUT2D eigenvalue weighted by Crippen LogP contribution is -2.12. The molecule has 1 N–H and O–H groups in total. The van der Waals surface area contributed by atoms with E-state index >= 15 is 0 Å². The largest absolute Gasteiger partial charge is 0.507 e. The SMILES string of the molecule is Cc1cccc(C)c1-c1cc(-c2cc(Cc3ccncc3)cc(N(c3ccccc3)c3ccccn3)c2)nc(-c2ccccc2O)c1. The van der Waals surface area contributed by atoms with Crippen LogP contribution in [0.25, 0.3) is 33.6 Å². The second-order valence-electron chi connectivity index (χ2n) is 11.7. The molecule has 47 heavy (non-hydrogen) atoms. The van der Waals surface area contributed by atoms with E-state index in [-0.39, 0.29) is 5.75 Å². The van der Waals surface area contributed by atoms with Crippen LogP contribution in [0.1, 0.15) is 22.3 Å². The molecule has 4 aromatic carbocycles. The zero-order valence-electron chi connectivity index (χ0n) is 26.4. The van der Waals surface area contributed by atoms with Gasteiger partial charge in [0, 0.05) is 41.1 Å². The van der Waals surface area contributed by atoms with Gasteiger partial charge in [-0.05, 0) is 133 Å². The predicted molar refractivity (Wildman–Crippen MR) is 191 cm³/mol. The molecule has 0 spiro atoms. The smallest absolute Gasteiger partial charge is 0.137 e. The first-order chi connectivity index (χ1) is 23.0. The van der Waals surface area contributed by atoms with E-state index in [1.165, 1.54) is 22.3 Å². The Morgan fingerprint density at radius 2 is 1.30 bits per heavy atom. The molecule has 0 amide bonds. The van der Waals surface area contributed by atoms with E-state index in [1.807, 2.05) is 73.2 Å². The van der Waals surface area contributed by atoms with Crippen LogP contribution >= 0.6 is 0 Å². The van der Waals surface area contributed by atoms with E-state index in [1.54, 1.807) is 6.07 Å². The van der Waals surface area contributed by atoms with Gasteiger partial charge in [-0.25, -0.2) is 9.97 Å². The van der Waals surface area contributed by atoms with E-state index in [4.69, 9.17) is 9.97 Å². The molecule has 5 nitrogen and oxygen atoms in total. The molecule has 0 atom stereocenters. The number of aromatic hydroxyl groups is 1. The minimum absolute atomic E-state index is 0.196. The molecule has 228 valence electrons. The molecule has 0 bridgehead atoms. The molecule has 0 fully saturated rings. The Kier molecular flexibility index (Phi) is 8.27. The maximum atomic E-state index is 10.9. The van der Waals surface area contributed by atoms with E-state index in [9.17, 15) is 5.11 Å². The molecule has 0 aliphatic rings. The average molecular weight is 611 g/mol. The highest BCUT2D eigenvalue weighted by molar-refractivity contribution is 5.83. The van der Waals surface area contributed by atoms with E-state index in [2.05, 4.69) is 96.5 Å². The van der Waals surface area contributed by atoms with Crippen LogP contribution in [0.4, 0.5) is 17.2 Å². The van der Waals surface area contributed by atoms with E-state index < -0.39 is 0 Å². The highest BCUT2D eigenvalue weighted by Gasteiger charge is 2.18. The number of nitrogens with zero attached hydrogens (tertiary/aromatic N) is 4. The lowest BCUT2D eigenvalue weighted by Gasteiger charge is -2.25. The van der Waals surface area contributed by atoms with Crippen molar-refractivity contribution in [2.24, 2.45) is 0 Å². The molecule has 0 unspecified atom stereocenters. The Morgan fingerprint density at radius 1 is 0.574 bits per heavy atom. The van der Waals surface area contributed by atoms with Crippen molar-refractivity contribution >= 4 is 17.2 Å². The number of rotatable bonds is 8. The van der Waals surface area contributed by atoms with Gasteiger partial charge in [0.25, 0.3) is 0 Å². The Morgan fingerprint density at radius 3 is 2.04 bits per heavy atom. The van der Waals surface area contributed by atoms with Crippen LogP contribution in [0.2, 0.25) is 0 Å². The van der Waals surface area contributed by atoms with Crippen LogP contribution in [0.3, 0.4) is 0 Å². The molecule has 0 radical (unpaired) electrons. The Hall–Kier alpha value is -6.07. The summed E-state index contributed by atoms with van der Waals surface area (Å²) in [5, 5.41) is 10.9. The molecule has 7 aromatic rings. The maximum absolute atomic E-state index is 10.9. The fourth-order valence-corrected chi connectivity index (χ4v) is 6.19. The van der Waals surface area contributed by atoms with Crippen molar-refractivity contribution in [1.82, 2.24) is 15.0 Å². The fourth-order valence-electron chi connectivity index (χ4n) is 6.19. The summed E-state index contributed by atoms with van der Waals surface area (Å²) in [7, 11) is 0. The summed E-state index contributed by atoms with van der Waals surface area (Å²) in [4.78, 5) is 16.4. The summed E-state index contributed by atoms with van der Waals surface area (Å²) in [5.41, 5.74) is 12.0. The highest BCUT2D eigenvalue weighted by atomic mass is 16.3. The van der Waals surface area contributed by atoms with Gasteiger partial charge in [0.1, 0.15) is 11.6 Å². The van der Waals surface area contributed by atoms with Gasteiger partial charge in [-0.3, -0.25) is 9.88 Å². The van der Waals surface area contributed by atoms with Gasteiger partial charge in [-0.1, -0.05) is 54.6 Å². The number of hydrogen-bond acceptors (Lipinski definition) is 5. The zero-order valence-corrected chi connectivity index (χ0v) is 26.4. The molecule has 0 aliphatic carbocycles. The number of phenols is 1. The second-order valence-corrected chi connectivity index (χ2v) is 11.7. The van der Waals surface area contributed by atoms with Crippen LogP contribution in [-0.4, -0.2) is 20.1 Å². The topological polar surface area (TPSA) is 62.1 Å². The second kappa shape index (κ2) is 13.1. The van der Waals surface area contributed by atoms with E-state index in [0.29, 0.717) is 11.3 Å². The number of benzene rings is 4. The summed E-state index contributed by atoms with van der Waals surface area (Å²) in [6.07, 6.45) is 6.20. The molecule has 0 saturated heterocycles. The normalized spacial score (nSPS) is 10.9. The number of hydrogen-bond donors (Lipinski definition) is 1. The minimum atomic E-state index is 0.196. The van der Waals surface area contributed by atoms with Crippen molar-refractivity contribution in [3.8, 4) is 39.4 Å². The zero-order chi connectivity index (χ0) is 32.2. The number of pyridine rings is 3. The van der Waals surface area contributed by atoms with Gasteiger partial charge >= 0.3 is 0 Å². The van der Waals surface area contributed by atoms with Crippen molar-refractivity contribution in [3.63, 3.8) is 0 Å². The van der Waals surface area contributed by atoms with Gasteiger partial charge < -0.3 is 5.11 Å². The molecule has 0 saturated carbocycles. The number of phenolic OH excluding ortho intramolecular Hbond substituents is 1. The first-order valence-electron chi connectivity index (χ1n) is 15.7. The predicted octanol–water partition coefficient (Wildman–Crippen LogP) is 10.3. The van der Waals surface area contributed by atoms with Gasteiger partial charge in [-0.15, -0.1) is 0 Å². The lowest BCUT2D eigenvalue weighted by molar-refractivity contribution is 0.477. The Balaban J connectivity index is 1.48. The number of aryl methyl sites for hydroxylation is 2. The van der Waals surface area contributed by atoms with Crippen LogP contribution in [0, 0.1) is 13.8 Å². The van der Waals surface area contributed by atoms with Crippen molar-refractivity contribution in [1.29, 1.82) is 0 Å². The average Bonchev–Trinajstić information content (AvgIpc) is 3.10. The molecule has 3 heterocycles. The summed E-state index contributed by atoms with van der Waals surface area (Å²) in [6, 6.07) is 45.0. The van der Waals surface area contributed by atoms with Gasteiger partial charge in [0.2, 0.25) is 0 Å². The van der Waals surface area contributed by atoms with E-state index in [0.717, 1.165) is 46.0 Å². The van der Waals surface area contributed by atoms with Gasteiger partial charge in [-0.2, -0.15) is 0 Å². The van der Waals surface area contributed by atoms with Crippen molar-refractivity contribution in [2.75, 3.05) is 4.90 Å². The monoisotopic (exact) mass is 610 g/mol. The third kappa shape index (κ3) is 6.37. The summed E-state index contributed by atoms with van der Waals surface area (Å²) in [6.45, 7) is 4.28. The van der Waals surface area contributed by atoms with Gasteiger partial charge in [0.15, 0.2) is 0 Å².